The molecule has 0 aromatic heterocycles. The highest BCUT2D eigenvalue weighted by Gasteiger charge is 2.26. The van der Waals surface area contributed by atoms with Crippen molar-refractivity contribution < 1.29 is 46.1 Å². The van der Waals surface area contributed by atoms with Gasteiger partial charge in [-0.1, -0.05) is 6.07 Å². The van der Waals surface area contributed by atoms with Crippen LogP contribution in [-0.4, -0.2) is 41.6 Å². The maximum absolute atomic E-state index is 13.9. The van der Waals surface area contributed by atoms with Crippen LogP contribution >= 0.6 is 0 Å². The minimum absolute atomic E-state index is 0.178. The fraction of sp³-hybridized carbons (Fsp3) is 0.304. The number of rotatable bonds is 10. The summed E-state index contributed by atoms with van der Waals surface area (Å²) in [6, 6.07) is 4.01. The van der Waals surface area contributed by atoms with E-state index < -0.39 is 53.8 Å². The summed E-state index contributed by atoms with van der Waals surface area (Å²) in [6.45, 7) is 4.38. The number of hydrogen-bond donors (Lipinski definition) is 1. The van der Waals surface area contributed by atoms with E-state index in [0.717, 1.165) is 0 Å². The summed E-state index contributed by atoms with van der Waals surface area (Å²) >= 11 is 0. The summed E-state index contributed by atoms with van der Waals surface area (Å²) in [5, 5.41) is 8.89. The van der Waals surface area contributed by atoms with Gasteiger partial charge >= 0.3 is 5.97 Å². The van der Waals surface area contributed by atoms with Crippen LogP contribution in [0, 0.1) is 29.1 Å². The van der Waals surface area contributed by atoms with E-state index in [1.807, 2.05) is 13.8 Å². The van der Waals surface area contributed by atoms with Crippen molar-refractivity contribution in [2.75, 3.05) is 19.7 Å². The van der Waals surface area contributed by atoms with Crippen molar-refractivity contribution in [2.45, 2.75) is 27.4 Å². The largest absolute Gasteiger partial charge is 0.485 e. The number of halogens is 5. The fourth-order valence-electron chi connectivity index (χ4n) is 2.98. The van der Waals surface area contributed by atoms with Gasteiger partial charge in [-0.05, 0) is 44.5 Å². The first-order valence-electron chi connectivity index (χ1n) is 10.1. The van der Waals surface area contributed by atoms with Crippen LogP contribution in [0.25, 0.3) is 6.08 Å². The number of carboxylic acids is 1. The number of benzene rings is 2. The standard InChI is InChI=1S/C23H22F5NO5/c1-4-29(5-2)23(32)12(3)8-13-6-7-15(16(9-13)34-11-17(30)31)33-10-14-18(24)20(26)22(28)21(27)19(14)25/h6-9H,4-5,10-11H2,1-3H3,(H,30,31)/b12-8-. The van der Waals surface area contributed by atoms with Crippen LogP contribution in [0.4, 0.5) is 22.0 Å². The van der Waals surface area contributed by atoms with Crippen molar-refractivity contribution in [3.63, 3.8) is 0 Å². The maximum atomic E-state index is 13.9. The number of carbonyl (C=O) groups is 2. The molecule has 0 bridgehead atoms. The quantitative estimate of drug-likeness (QED) is 0.228. The highest BCUT2D eigenvalue weighted by Crippen LogP contribution is 2.31. The van der Waals surface area contributed by atoms with Crippen molar-refractivity contribution in [2.24, 2.45) is 0 Å². The van der Waals surface area contributed by atoms with Crippen LogP contribution in [0.2, 0.25) is 0 Å². The third-order valence-corrected chi connectivity index (χ3v) is 4.76. The van der Waals surface area contributed by atoms with E-state index in [-0.39, 0.29) is 17.4 Å². The Kier molecular flexibility index (Phi) is 8.99. The molecule has 0 fully saturated rings. The smallest absolute Gasteiger partial charge is 0.341 e. The summed E-state index contributed by atoms with van der Waals surface area (Å²) in [7, 11) is 0. The predicted octanol–water partition coefficient (Wildman–Crippen LogP) is 4.70. The molecule has 1 N–H and O–H groups in total. The number of carboxylic acid groups (broad SMARTS) is 1. The van der Waals surface area contributed by atoms with Crippen molar-refractivity contribution in [3.05, 3.63) is 64.0 Å². The van der Waals surface area contributed by atoms with E-state index in [1.54, 1.807) is 11.8 Å². The first-order chi connectivity index (χ1) is 16.0. The third-order valence-electron chi connectivity index (χ3n) is 4.76. The molecule has 0 radical (unpaired) electrons. The lowest BCUT2D eigenvalue weighted by atomic mass is 10.1. The van der Waals surface area contributed by atoms with Gasteiger partial charge in [0.25, 0.3) is 0 Å². The van der Waals surface area contributed by atoms with Crippen LogP contribution in [0.15, 0.2) is 23.8 Å². The van der Waals surface area contributed by atoms with Crippen molar-refractivity contribution in [1.29, 1.82) is 0 Å². The molecule has 0 aliphatic carbocycles. The van der Waals surface area contributed by atoms with Crippen LogP contribution in [0.5, 0.6) is 11.5 Å². The van der Waals surface area contributed by atoms with Gasteiger partial charge in [0, 0.05) is 18.7 Å². The van der Waals surface area contributed by atoms with Gasteiger partial charge < -0.3 is 19.5 Å². The molecule has 0 unspecified atom stereocenters. The van der Waals surface area contributed by atoms with Crippen molar-refractivity contribution in [3.8, 4) is 11.5 Å². The van der Waals surface area contributed by atoms with E-state index in [1.165, 1.54) is 24.3 Å². The second-order valence-corrected chi connectivity index (χ2v) is 7.03. The average molecular weight is 487 g/mol. The molecular weight excluding hydrogens is 465 g/mol. The molecule has 6 nitrogen and oxygen atoms in total. The first-order valence-corrected chi connectivity index (χ1v) is 10.1. The normalized spacial score (nSPS) is 11.4. The Balaban J connectivity index is 2.37. The summed E-state index contributed by atoms with van der Waals surface area (Å²) in [6.07, 6.45) is 1.52. The second kappa shape index (κ2) is 11.5. The summed E-state index contributed by atoms with van der Waals surface area (Å²) in [5.74, 6) is -12.6. The van der Waals surface area contributed by atoms with E-state index >= 15 is 0 Å². The van der Waals surface area contributed by atoms with E-state index in [9.17, 15) is 31.5 Å². The number of nitrogens with zero attached hydrogens (tertiary/aromatic N) is 1. The molecule has 0 spiro atoms. The second-order valence-electron chi connectivity index (χ2n) is 7.03. The predicted molar refractivity (Wildman–Crippen MR) is 112 cm³/mol. The van der Waals surface area contributed by atoms with Crippen molar-refractivity contribution in [1.82, 2.24) is 4.90 Å². The zero-order valence-electron chi connectivity index (χ0n) is 18.6. The Hall–Kier alpha value is -3.63. The Morgan fingerprint density at radius 1 is 0.912 bits per heavy atom. The van der Waals surface area contributed by atoms with Crippen molar-refractivity contribution >= 4 is 18.0 Å². The minimum atomic E-state index is -2.30. The van der Waals surface area contributed by atoms with Gasteiger partial charge in [-0.15, -0.1) is 0 Å². The van der Waals surface area contributed by atoms with E-state index in [2.05, 4.69) is 0 Å². The van der Waals surface area contributed by atoms with Gasteiger partial charge in [-0.3, -0.25) is 4.79 Å². The number of ether oxygens (including phenoxy) is 2. The molecule has 184 valence electrons. The lowest BCUT2D eigenvalue weighted by Crippen LogP contribution is -2.30. The monoisotopic (exact) mass is 487 g/mol. The first kappa shape index (κ1) is 26.6. The Morgan fingerprint density at radius 2 is 1.47 bits per heavy atom. The van der Waals surface area contributed by atoms with Crippen LogP contribution in [-0.2, 0) is 16.2 Å². The highest BCUT2D eigenvalue weighted by molar-refractivity contribution is 5.97. The Morgan fingerprint density at radius 3 is 2.00 bits per heavy atom. The fourth-order valence-corrected chi connectivity index (χ4v) is 2.98. The lowest BCUT2D eigenvalue weighted by Gasteiger charge is -2.19. The molecule has 2 aromatic carbocycles. The van der Waals surface area contributed by atoms with Crippen LogP contribution in [0.3, 0.4) is 0 Å². The van der Waals surface area contributed by atoms with Gasteiger partial charge in [0.2, 0.25) is 11.7 Å². The maximum Gasteiger partial charge on any atom is 0.341 e. The SMILES string of the molecule is CCN(CC)C(=O)/C(C)=C\c1ccc(OCc2c(F)c(F)c(F)c(F)c2F)c(OCC(=O)O)c1. The minimum Gasteiger partial charge on any atom is -0.485 e. The van der Waals surface area contributed by atoms with Crippen LogP contribution in [0.1, 0.15) is 31.9 Å². The highest BCUT2D eigenvalue weighted by atomic mass is 19.2. The zero-order valence-corrected chi connectivity index (χ0v) is 18.6. The molecule has 11 heteroatoms. The molecule has 0 aliphatic rings. The van der Waals surface area contributed by atoms with Gasteiger partial charge in [0.15, 0.2) is 41.4 Å². The molecule has 34 heavy (non-hydrogen) atoms. The van der Waals surface area contributed by atoms with Gasteiger partial charge in [-0.2, -0.15) is 0 Å². The number of hydrogen-bond acceptors (Lipinski definition) is 4. The molecule has 0 saturated carbocycles. The number of carbonyl (C=O) groups excluding carboxylic acids is 1. The summed E-state index contributed by atoms with van der Waals surface area (Å²) in [4.78, 5) is 24.9. The van der Waals surface area contributed by atoms with E-state index in [0.29, 0.717) is 24.2 Å². The molecule has 0 atom stereocenters. The molecule has 2 aromatic rings. The topological polar surface area (TPSA) is 76.1 Å². The third kappa shape index (κ3) is 6.03. The van der Waals surface area contributed by atoms with Gasteiger partial charge in [0.1, 0.15) is 6.61 Å². The average Bonchev–Trinajstić information content (AvgIpc) is 2.81. The molecule has 0 aliphatic heterocycles. The Bertz CT molecular complexity index is 1090. The number of likely N-dealkylation sites (N-methyl/N-ethyl adjacent to an activating group) is 1. The molecule has 0 saturated heterocycles. The molecular formula is C23H22F5NO5. The summed E-state index contributed by atoms with van der Waals surface area (Å²) < 4.78 is 78.2. The van der Waals surface area contributed by atoms with Gasteiger partial charge in [0.05, 0.1) is 5.56 Å². The van der Waals surface area contributed by atoms with E-state index in [4.69, 9.17) is 14.6 Å². The molecule has 1 amide bonds. The summed E-state index contributed by atoms with van der Waals surface area (Å²) in [5.41, 5.74) is -0.407. The molecule has 2 rings (SSSR count). The number of amides is 1. The van der Waals surface area contributed by atoms with Crippen LogP contribution < -0.4 is 9.47 Å². The molecule has 0 heterocycles. The zero-order chi connectivity index (χ0) is 25.6. The number of aliphatic carboxylic acids is 1. The van der Waals surface area contributed by atoms with Gasteiger partial charge in [-0.25, -0.2) is 26.7 Å². The lowest BCUT2D eigenvalue weighted by molar-refractivity contribution is -0.139. The Labute approximate surface area is 192 Å².